The minimum Gasteiger partial charge on any atom is -0.481 e. The Kier molecular flexibility index (Phi) is 8.81. The first-order valence-corrected chi connectivity index (χ1v) is 8.12. The summed E-state index contributed by atoms with van der Waals surface area (Å²) in [4.78, 5) is 11.4. The van der Waals surface area contributed by atoms with Gasteiger partial charge >= 0.3 is 5.97 Å². The second-order valence-corrected chi connectivity index (χ2v) is 6.39. The first-order chi connectivity index (χ1) is 10.9. The predicted molar refractivity (Wildman–Crippen MR) is 89.0 cm³/mol. The minimum atomic E-state index is -0.776. The standard InChI is InChI=1S/C18H28FNO3/c1-13(2)9-15(18(21)22)12-20-17(7-8-23-3)11-14-5-4-6-16(19)10-14/h4-6,10,13,15,17,20H,7-9,11-12H2,1-3H3,(H,21,22). The van der Waals surface area contributed by atoms with E-state index in [0.717, 1.165) is 12.0 Å². The fraction of sp³-hybridized carbons (Fsp3) is 0.611. The van der Waals surface area contributed by atoms with Gasteiger partial charge in [-0.15, -0.1) is 0 Å². The van der Waals surface area contributed by atoms with Crippen molar-refractivity contribution in [3.63, 3.8) is 0 Å². The third-order valence-electron chi connectivity index (χ3n) is 3.80. The molecule has 1 rings (SSSR count). The zero-order valence-corrected chi connectivity index (χ0v) is 14.2. The molecule has 0 amide bonds. The largest absolute Gasteiger partial charge is 0.481 e. The number of hydrogen-bond donors (Lipinski definition) is 2. The van der Waals surface area contributed by atoms with Gasteiger partial charge in [-0.1, -0.05) is 26.0 Å². The Balaban J connectivity index is 2.64. The van der Waals surface area contributed by atoms with E-state index in [0.29, 0.717) is 31.9 Å². The lowest BCUT2D eigenvalue weighted by Gasteiger charge is -2.22. The van der Waals surface area contributed by atoms with E-state index in [9.17, 15) is 14.3 Å². The van der Waals surface area contributed by atoms with Crippen molar-refractivity contribution < 1.29 is 19.0 Å². The van der Waals surface area contributed by atoms with Crippen LogP contribution < -0.4 is 5.32 Å². The Morgan fingerprint density at radius 2 is 2.13 bits per heavy atom. The van der Waals surface area contributed by atoms with Gasteiger partial charge in [-0.05, 0) is 42.9 Å². The lowest BCUT2D eigenvalue weighted by atomic mass is 9.96. The number of carboxylic acids is 1. The molecule has 23 heavy (non-hydrogen) atoms. The summed E-state index contributed by atoms with van der Waals surface area (Å²) in [6.07, 6.45) is 2.04. The predicted octanol–water partition coefficient (Wildman–Crippen LogP) is 3.11. The van der Waals surface area contributed by atoms with Crippen LogP contribution in [-0.2, 0) is 16.0 Å². The molecule has 0 aliphatic heterocycles. The molecule has 1 aromatic carbocycles. The molecule has 0 fully saturated rings. The van der Waals surface area contributed by atoms with Gasteiger partial charge in [0.15, 0.2) is 0 Å². The Morgan fingerprint density at radius 3 is 2.70 bits per heavy atom. The van der Waals surface area contributed by atoms with E-state index < -0.39 is 11.9 Å². The highest BCUT2D eigenvalue weighted by atomic mass is 19.1. The van der Waals surface area contributed by atoms with Crippen molar-refractivity contribution in [1.82, 2.24) is 5.32 Å². The van der Waals surface area contributed by atoms with E-state index in [1.807, 2.05) is 19.9 Å². The number of carboxylic acid groups (broad SMARTS) is 1. The highest BCUT2D eigenvalue weighted by Gasteiger charge is 2.20. The maximum absolute atomic E-state index is 13.3. The number of nitrogens with one attached hydrogen (secondary N) is 1. The summed E-state index contributed by atoms with van der Waals surface area (Å²) in [6, 6.07) is 6.57. The number of rotatable bonds is 11. The van der Waals surface area contributed by atoms with Gasteiger partial charge in [0.1, 0.15) is 5.82 Å². The first-order valence-electron chi connectivity index (χ1n) is 8.12. The Labute approximate surface area is 138 Å². The number of ether oxygens (including phenoxy) is 1. The van der Waals surface area contributed by atoms with Crippen molar-refractivity contribution in [3.05, 3.63) is 35.6 Å². The molecular weight excluding hydrogens is 297 g/mol. The Hall–Kier alpha value is -1.46. The second kappa shape index (κ2) is 10.3. The topological polar surface area (TPSA) is 58.6 Å². The van der Waals surface area contributed by atoms with Gasteiger partial charge < -0.3 is 15.2 Å². The van der Waals surface area contributed by atoms with Crippen LogP contribution in [0.25, 0.3) is 0 Å². The van der Waals surface area contributed by atoms with Crippen LogP contribution >= 0.6 is 0 Å². The highest BCUT2D eigenvalue weighted by molar-refractivity contribution is 5.70. The molecule has 2 unspecified atom stereocenters. The van der Waals surface area contributed by atoms with Gasteiger partial charge in [-0.3, -0.25) is 4.79 Å². The van der Waals surface area contributed by atoms with Crippen LogP contribution in [0.1, 0.15) is 32.3 Å². The third kappa shape index (κ3) is 8.09. The number of carbonyl (C=O) groups is 1. The molecule has 130 valence electrons. The van der Waals surface area contributed by atoms with E-state index in [1.54, 1.807) is 13.2 Å². The average molecular weight is 325 g/mol. The summed E-state index contributed by atoms with van der Waals surface area (Å²) in [6.45, 7) is 5.03. The fourth-order valence-corrected chi connectivity index (χ4v) is 2.63. The van der Waals surface area contributed by atoms with E-state index in [2.05, 4.69) is 5.32 Å². The number of hydrogen-bond acceptors (Lipinski definition) is 3. The van der Waals surface area contributed by atoms with Gasteiger partial charge in [-0.25, -0.2) is 4.39 Å². The van der Waals surface area contributed by atoms with Crippen molar-refractivity contribution in [3.8, 4) is 0 Å². The van der Waals surface area contributed by atoms with Crippen molar-refractivity contribution in [2.75, 3.05) is 20.3 Å². The van der Waals surface area contributed by atoms with E-state index in [-0.39, 0.29) is 11.9 Å². The Bertz CT molecular complexity index is 479. The average Bonchev–Trinajstić information content (AvgIpc) is 2.48. The summed E-state index contributed by atoms with van der Waals surface area (Å²) in [5.74, 6) is -1.11. The molecule has 0 heterocycles. The van der Waals surface area contributed by atoms with Crippen LogP contribution in [0.2, 0.25) is 0 Å². The first kappa shape index (κ1) is 19.6. The molecule has 0 bridgehead atoms. The second-order valence-electron chi connectivity index (χ2n) is 6.39. The van der Waals surface area contributed by atoms with E-state index >= 15 is 0 Å². The van der Waals surface area contributed by atoms with Gasteiger partial charge in [0.05, 0.1) is 5.92 Å². The molecule has 0 saturated heterocycles. The summed E-state index contributed by atoms with van der Waals surface area (Å²) < 4.78 is 18.4. The normalized spacial score (nSPS) is 14.0. The highest BCUT2D eigenvalue weighted by Crippen LogP contribution is 2.13. The SMILES string of the molecule is COCCC(Cc1cccc(F)c1)NCC(CC(C)C)C(=O)O. The molecule has 2 N–H and O–H groups in total. The lowest BCUT2D eigenvalue weighted by Crippen LogP contribution is -2.38. The van der Waals surface area contributed by atoms with Gasteiger partial charge in [-0.2, -0.15) is 0 Å². The molecule has 0 aliphatic rings. The zero-order valence-electron chi connectivity index (χ0n) is 14.2. The molecule has 0 saturated carbocycles. The number of halogens is 1. The van der Waals surface area contributed by atoms with Crippen molar-refractivity contribution in [2.45, 2.75) is 39.2 Å². The van der Waals surface area contributed by atoms with Crippen molar-refractivity contribution >= 4 is 5.97 Å². The molecule has 1 aromatic rings. The van der Waals surface area contributed by atoms with Crippen LogP contribution in [0.3, 0.4) is 0 Å². The molecule has 0 radical (unpaired) electrons. The molecule has 2 atom stereocenters. The van der Waals surface area contributed by atoms with Crippen LogP contribution in [0.15, 0.2) is 24.3 Å². The minimum absolute atomic E-state index is 0.0609. The van der Waals surface area contributed by atoms with Gasteiger partial charge in [0, 0.05) is 26.3 Å². The van der Waals surface area contributed by atoms with Gasteiger partial charge in [0.2, 0.25) is 0 Å². The molecule has 0 spiro atoms. The number of benzene rings is 1. The van der Waals surface area contributed by atoms with E-state index in [4.69, 9.17) is 4.74 Å². The monoisotopic (exact) mass is 325 g/mol. The summed E-state index contributed by atoms with van der Waals surface area (Å²) in [5.41, 5.74) is 0.898. The Morgan fingerprint density at radius 1 is 1.39 bits per heavy atom. The third-order valence-corrected chi connectivity index (χ3v) is 3.80. The zero-order chi connectivity index (χ0) is 17.2. The molecular formula is C18H28FNO3. The lowest BCUT2D eigenvalue weighted by molar-refractivity contribution is -0.142. The van der Waals surface area contributed by atoms with Crippen LogP contribution in [0, 0.1) is 17.7 Å². The van der Waals surface area contributed by atoms with Crippen LogP contribution in [-0.4, -0.2) is 37.4 Å². The van der Waals surface area contributed by atoms with Gasteiger partial charge in [0.25, 0.3) is 0 Å². The quantitative estimate of drug-likeness (QED) is 0.656. The summed E-state index contributed by atoms with van der Waals surface area (Å²) in [7, 11) is 1.64. The molecule has 5 heteroatoms. The van der Waals surface area contributed by atoms with Crippen LogP contribution in [0.4, 0.5) is 4.39 Å². The summed E-state index contributed by atoms with van der Waals surface area (Å²) >= 11 is 0. The summed E-state index contributed by atoms with van der Waals surface area (Å²) in [5, 5.41) is 12.6. The van der Waals surface area contributed by atoms with E-state index in [1.165, 1.54) is 12.1 Å². The van der Waals surface area contributed by atoms with Crippen molar-refractivity contribution in [1.29, 1.82) is 0 Å². The smallest absolute Gasteiger partial charge is 0.307 e. The van der Waals surface area contributed by atoms with Crippen LogP contribution in [0.5, 0.6) is 0 Å². The maximum Gasteiger partial charge on any atom is 0.307 e. The molecule has 0 aromatic heterocycles. The van der Waals surface area contributed by atoms with Crippen molar-refractivity contribution in [2.24, 2.45) is 11.8 Å². The molecule has 0 aliphatic carbocycles. The maximum atomic E-state index is 13.3. The number of aliphatic carboxylic acids is 1. The fourth-order valence-electron chi connectivity index (χ4n) is 2.63. The number of methoxy groups -OCH3 is 1. The molecule has 4 nitrogen and oxygen atoms in total.